The second-order valence-electron chi connectivity index (χ2n) is 5.09. The van der Waals surface area contributed by atoms with Crippen LogP contribution in [0.15, 0.2) is 24.3 Å². The number of nitrogens with zero attached hydrogens (tertiary/aromatic N) is 1. The zero-order valence-electron chi connectivity index (χ0n) is 12.2. The molecule has 108 valence electrons. The first-order valence-electron chi connectivity index (χ1n) is 6.76. The van der Waals surface area contributed by atoms with E-state index in [2.05, 4.69) is 11.8 Å². The fraction of sp³-hybridized carbons (Fsp3) is 0.600. The lowest BCUT2D eigenvalue weighted by atomic mass is 9.91. The maximum atomic E-state index is 13.7. The largest absolute Gasteiger partial charge is 0.380 e. The van der Waals surface area contributed by atoms with Gasteiger partial charge in [0.05, 0.1) is 6.61 Å². The van der Waals surface area contributed by atoms with E-state index >= 15 is 0 Å². The number of likely N-dealkylation sites (N-methyl/N-ethyl adjacent to an activating group) is 1. The van der Waals surface area contributed by atoms with Crippen molar-refractivity contribution in [2.24, 2.45) is 5.73 Å². The lowest BCUT2D eigenvalue weighted by Gasteiger charge is -2.38. The second-order valence-corrected chi connectivity index (χ2v) is 5.09. The van der Waals surface area contributed by atoms with Crippen molar-refractivity contribution in [3.8, 4) is 0 Å². The highest BCUT2D eigenvalue weighted by Crippen LogP contribution is 2.20. The summed E-state index contributed by atoms with van der Waals surface area (Å²) in [5, 5.41) is 0. The van der Waals surface area contributed by atoms with Crippen LogP contribution in [0.1, 0.15) is 19.4 Å². The minimum Gasteiger partial charge on any atom is -0.380 e. The van der Waals surface area contributed by atoms with Crippen LogP contribution >= 0.6 is 0 Å². The molecule has 0 radical (unpaired) electrons. The number of ether oxygens (including phenoxy) is 1. The molecule has 0 bridgehead atoms. The molecule has 0 amide bonds. The third-order valence-corrected chi connectivity index (χ3v) is 3.67. The monoisotopic (exact) mass is 268 g/mol. The van der Waals surface area contributed by atoms with Crippen molar-refractivity contribution in [2.75, 3.05) is 33.4 Å². The van der Waals surface area contributed by atoms with Crippen molar-refractivity contribution in [1.29, 1.82) is 0 Å². The summed E-state index contributed by atoms with van der Waals surface area (Å²) in [6, 6.07) is 6.87. The number of benzene rings is 1. The molecule has 0 saturated heterocycles. The Morgan fingerprint density at radius 3 is 2.63 bits per heavy atom. The van der Waals surface area contributed by atoms with Gasteiger partial charge in [0.1, 0.15) is 5.82 Å². The Kier molecular flexibility index (Phi) is 6.42. The molecule has 2 N–H and O–H groups in total. The van der Waals surface area contributed by atoms with E-state index in [1.54, 1.807) is 6.07 Å². The molecular weight excluding hydrogens is 243 g/mol. The SMILES string of the molecule is CCOCCN(C)C(C)(CN)Cc1ccccc1F. The van der Waals surface area contributed by atoms with Gasteiger partial charge in [0.25, 0.3) is 0 Å². The van der Waals surface area contributed by atoms with Crippen molar-refractivity contribution in [3.63, 3.8) is 0 Å². The zero-order valence-corrected chi connectivity index (χ0v) is 12.2. The molecule has 1 unspecified atom stereocenters. The van der Waals surface area contributed by atoms with Gasteiger partial charge in [-0.2, -0.15) is 0 Å². The van der Waals surface area contributed by atoms with Crippen LogP contribution in [0, 0.1) is 5.82 Å². The van der Waals surface area contributed by atoms with Crippen molar-refractivity contribution in [1.82, 2.24) is 4.90 Å². The first-order chi connectivity index (χ1) is 9.03. The molecule has 4 heteroatoms. The van der Waals surface area contributed by atoms with Crippen LogP contribution in [0.5, 0.6) is 0 Å². The third kappa shape index (κ3) is 4.56. The van der Waals surface area contributed by atoms with Gasteiger partial charge in [0, 0.05) is 25.2 Å². The van der Waals surface area contributed by atoms with Gasteiger partial charge in [-0.3, -0.25) is 4.90 Å². The lowest BCUT2D eigenvalue weighted by Crippen LogP contribution is -2.52. The van der Waals surface area contributed by atoms with Gasteiger partial charge in [0.15, 0.2) is 0 Å². The Morgan fingerprint density at radius 1 is 1.37 bits per heavy atom. The summed E-state index contributed by atoms with van der Waals surface area (Å²) in [5.41, 5.74) is 6.35. The Bertz CT molecular complexity index is 386. The highest BCUT2D eigenvalue weighted by Gasteiger charge is 2.28. The van der Waals surface area contributed by atoms with Crippen molar-refractivity contribution in [3.05, 3.63) is 35.6 Å². The number of nitrogens with two attached hydrogens (primary N) is 1. The van der Waals surface area contributed by atoms with Crippen molar-refractivity contribution < 1.29 is 9.13 Å². The van der Waals surface area contributed by atoms with Crippen LogP contribution < -0.4 is 5.73 Å². The maximum absolute atomic E-state index is 13.7. The van der Waals surface area contributed by atoms with Crippen LogP contribution in [0.3, 0.4) is 0 Å². The minimum absolute atomic E-state index is 0.166. The van der Waals surface area contributed by atoms with E-state index in [4.69, 9.17) is 10.5 Å². The van der Waals surface area contributed by atoms with Gasteiger partial charge < -0.3 is 10.5 Å². The maximum Gasteiger partial charge on any atom is 0.126 e. The summed E-state index contributed by atoms with van der Waals surface area (Å²) in [6.45, 7) is 6.67. The van der Waals surface area contributed by atoms with E-state index in [9.17, 15) is 4.39 Å². The summed E-state index contributed by atoms with van der Waals surface area (Å²) in [5.74, 6) is -0.166. The fourth-order valence-corrected chi connectivity index (χ4v) is 2.03. The highest BCUT2D eigenvalue weighted by atomic mass is 19.1. The van der Waals surface area contributed by atoms with E-state index in [0.29, 0.717) is 31.7 Å². The van der Waals surface area contributed by atoms with Crippen molar-refractivity contribution in [2.45, 2.75) is 25.8 Å². The molecule has 1 rings (SSSR count). The van der Waals surface area contributed by atoms with Gasteiger partial charge in [0.2, 0.25) is 0 Å². The minimum atomic E-state index is -0.265. The summed E-state index contributed by atoms with van der Waals surface area (Å²) >= 11 is 0. The third-order valence-electron chi connectivity index (χ3n) is 3.67. The van der Waals surface area contributed by atoms with E-state index in [1.807, 2.05) is 26.1 Å². The summed E-state index contributed by atoms with van der Waals surface area (Å²) in [4.78, 5) is 2.15. The second kappa shape index (κ2) is 7.58. The van der Waals surface area contributed by atoms with E-state index in [0.717, 1.165) is 6.54 Å². The molecule has 0 fully saturated rings. The molecule has 1 aromatic rings. The number of hydrogen-bond acceptors (Lipinski definition) is 3. The van der Waals surface area contributed by atoms with Gasteiger partial charge >= 0.3 is 0 Å². The van der Waals surface area contributed by atoms with Crippen LogP contribution in [0.25, 0.3) is 0 Å². The topological polar surface area (TPSA) is 38.5 Å². The van der Waals surface area contributed by atoms with Gasteiger partial charge in [-0.1, -0.05) is 18.2 Å². The molecule has 0 saturated carbocycles. The normalized spacial score (nSPS) is 14.6. The fourth-order valence-electron chi connectivity index (χ4n) is 2.03. The standard InChI is InChI=1S/C15H25FN2O/c1-4-19-10-9-18(3)15(2,12-17)11-13-7-5-6-8-14(13)16/h5-8H,4,9-12,17H2,1-3H3. The quantitative estimate of drug-likeness (QED) is 0.733. The molecule has 19 heavy (non-hydrogen) atoms. The number of rotatable bonds is 8. The molecule has 3 nitrogen and oxygen atoms in total. The predicted octanol–water partition coefficient (Wildman–Crippen LogP) is 2.05. The van der Waals surface area contributed by atoms with Crippen LogP contribution in [-0.4, -0.2) is 43.8 Å². The molecule has 0 aliphatic rings. The van der Waals surface area contributed by atoms with Crippen LogP contribution in [0.4, 0.5) is 4.39 Å². The molecule has 0 aliphatic carbocycles. The predicted molar refractivity (Wildman–Crippen MR) is 76.7 cm³/mol. The smallest absolute Gasteiger partial charge is 0.126 e. The summed E-state index contributed by atoms with van der Waals surface area (Å²) < 4.78 is 19.1. The molecule has 0 heterocycles. The molecular formula is C15H25FN2O. The Hall–Kier alpha value is -0.970. The average Bonchev–Trinajstić information content (AvgIpc) is 2.41. The molecule has 1 atom stereocenters. The van der Waals surface area contributed by atoms with Gasteiger partial charge in [-0.25, -0.2) is 4.39 Å². The molecule has 0 aromatic heterocycles. The lowest BCUT2D eigenvalue weighted by molar-refractivity contribution is 0.0756. The van der Waals surface area contributed by atoms with E-state index < -0.39 is 0 Å². The summed E-state index contributed by atoms with van der Waals surface area (Å²) in [7, 11) is 2.01. The highest BCUT2D eigenvalue weighted by molar-refractivity contribution is 5.20. The average molecular weight is 268 g/mol. The summed E-state index contributed by atoms with van der Waals surface area (Å²) in [6.07, 6.45) is 0.596. The Labute approximate surface area is 115 Å². The van der Waals surface area contributed by atoms with Crippen LogP contribution in [0.2, 0.25) is 0 Å². The van der Waals surface area contributed by atoms with E-state index in [-0.39, 0.29) is 11.4 Å². The Morgan fingerprint density at radius 2 is 2.05 bits per heavy atom. The number of halogens is 1. The van der Waals surface area contributed by atoms with Gasteiger partial charge in [-0.15, -0.1) is 0 Å². The van der Waals surface area contributed by atoms with Crippen molar-refractivity contribution >= 4 is 0 Å². The first kappa shape index (κ1) is 16.1. The molecule has 0 aliphatic heterocycles. The van der Waals surface area contributed by atoms with E-state index in [1.165, 1.54) is 6.07 Å². The first-order valence-corrected chi connectivity index (χ1v) is 6.76. The molecule has 0 spiro atoms. The Balaban J connectivity index is 2.71. The van der Waals surface area contributed by atoms with Crippen LogP contribution in [-0.2, 0) is 11.2 Å². The van der Waals surface area contributed by atoms with Gasteiger partial charge in [-0.05, 0) is 38.9 Å². The molecule has 1 aromatic carbocycles. The number of hydrogen-bond donors (Lipinski definition) is 1. The zero-order chi connectivity index (χ0) is 14.3.